The number of rotatable bonds is 10. The van der Waals surface area contributed by atoms with E-state index in [1.807, 2.05) is 0 Å². The molecule has 1 aromatic rings. The molecule has 1 amide bonds. The Kier molecular flexibility index (Phi) is 9.16. The minimum absolute atomic E-state index is 0.138. The number of carbonyl (C=O) groups excluding carboxylic acids is 3. The number of amides is 1. The molecule has 9 nitrogen and oxygen atoms in total. The molecule has 0 spiro atoms. The van der Waals surface area contributed by atoms with Gasteiger partial charge in [-0.1, -0.05) is 36.9 Å². The molecular weight excluding hydrogens is 451 g/mol. The Balaban J connectivity index is 3.64. The zero-order valence-corrected chi connectivity index (χ0v) is 18.1. The van der Waals surface area contributed by atoms with Crippen LogP contribution in [0.1, 0.15) is 31.4 Å². The first-order chi connectivity index (χ1) is 15.2. The van der Waals surface area contributed by atoms with Crippen molar-refractivity contribution >= 4 is 23.8 Å². The van der Waals surface area contributed by atoms with Gasteiger partial charge >= 0.3 is 30.0 Å². The quantitative estimate of drug-likeness (QED) is 0.388. The van der Waals surface area contributed by atoms with Gasteiger partial charge < -0.3 is 24.6 Å². The molecule has 0 aliphatic carbocycles. The van der Waals surface area contributed by atoms with Crippen LogP contribution < -0.4 is 0 Å². The number of carbonyl (C=O) groups is 4. The van der Waals surface area contributed by atoms with Gasteiger partial charge in [-0.3, -0.25) is 4.79 Å². The maximum Gasteiger partial charge on any atom is 0.471 e. The van der Waals surface area contributed by atoms with Crippen LogP contribution in [0, 0.1) is 0 Å². The number of benzene rings is 1. The van der Waals surface area contributed by atoms with Crippen LogP contribution in [0.4, 0.5) is 13.2 Å². The second-order valence-corrected chi connectivity index (χ2v) is 7.15. The van der Waals surface area contributed by atoms with Crippen molar-refractivity contribution in [3.05, 3.63) is 48.0 Å². The SMILES string of the molecule is C=C(C[C@@](O)(C[C@@H](C(=O)OC)N(C(=O)C(F)(F)F)[C@H](C)c1ccccc1)C(=O)OC)C(=O)O. The summed E-state index contributed by atoms with van der Waals surface area (Å²) in [5.41, 5.74) is -3.29. The van der Waals surface area contributed by atoms with Crippen LogP contribution in [0.3, 0.4) is 0 Å². The third-order valence-electron chi connectivity index (χ3n) is 4.89. The van der Waals surface area contributed by atoms with Crippen molar-refractivity contribution in [2.45, 2.75) is 43.6 Å². The van der Waals surface area contributed by atoms with Gasteiger partial charge in [-0.2, -0.15) is 13.2 Å². The van der Waals surface area contributed by atoms with Crippen molar-refractivity contribution in [1.29, 1.82) is 0 Å². The van der Waals surface area contributed by atoms with E-state index >= 15 is 0 Å². The lowest BCUT2D eigenvalue weighted by molar-refractivity contribution is -0.195. The fraction of sp³-hybridized carbons (Fsp3) is 0.429. The summed E-state index contributed by atoms with van der Waals surface area (Å²) in [5, 5.41) is 19.9. The molecule has 0 bridgehead atoms. The molecule has 182 valence electrons. The van der Waals surface area contributed by atoms with Gasteiger partial charge in [0.2, 0.25) is 0 Å². The van der Waals surface area contributed by atoms with Crippen molar-refractivity contribution in [3.63, 3.8) is 0 Å². The van der Waals surface area contributed by atoms with Crippen LogP contribution in [0.2, 0.25) is 0 Å². The van der Waals surface area contributed by atoms with Crippen LogP contribution >= 0.6 is 0 Å². The second-order valence-electron chi connectivity index (χ2n) is 7.15. The van der Waals surface area contributed by atoms with Gasteiger partial charge in [-0.05, 0) is 12.5 Å². The largest absolute Gasteiger partial charge is 0.478 e. The van der Waals surface area contributed by atoms with Crippen molar-refractivity contribution in [2.75, 3.05) is 14.2 Å². The summed E-state index contributed by atoms with van der Waals surface area (Å²) in [5.74, 6) is -6.85. The molecule has 3 atom stereocenters. The van der Waals surface area contributed by atoms with Gasteiger partial charge in [0, 0.05) is 18.4 Å². The van der Waals surface area contributed by atoms with E-state index in [2.05, 4.69) is 16.1 Å². The van der Waals surface area contributed by atoms with E-state index in [0.717, 1.165) is 14.2 Å². The number of aliphatic carboxylic acids is 1. The second kappa shape index (κ2) is 10.9. The van der Waals surface area contributed by atoms with Crippen molar-refractivity contribution < 1.29 is 52.0 Å². The Labute approximate surface area is 187 Å². The van der Waals surface area contributed by atoms with Gasteiger partial charge in [0.05, 0.1) is 20.3 Å². The molecule has 0 aliphatic heterocycles. The first-order valence-electron chi connectivity index (χ1n) is 9.43. The van der Waals surface area contributed by atoms with Crippen LogP contribution in [-0.4, -0.2) is 71.0 Å². The standard InChI is InChI=1S/C21H24F3NO8/c1-12(16(26)27)10-20(31,19(30)33-4)11-15(17(28)32-3)25(18(29)21(22,23)24)13(2)14-8-6-5-7-9-14/h5-9,13,15,31H,1,10-11H2,2-4H3,(H,26,27)/t13-,15+,20-/m1/s1. The Hall–Kier alpha value is -3.41. The molecule has 0 aliphatic rings. The van der Waals surface area contributed by atoms with E-state index in [-0.39, 0.29) is 10.5 Å². The van der Waals surface area contributed by atoms with E-state index in [1.165, 1.54) is 31.2 Å². The number of alkyl halides is 3. The summed E-state index contributed by atoms with van der Waals surface area (Å²) in [6.07, 6.45) is -7.57. The van der Waals surface area contributed by atoms with Crippen molar-refractivity contribution in [1.82, 2.24) is 4.90 Å². The van der Waals surface area contributed by atoms with Crippen LogP contribution in [0.5, 0.6) is 0 Å². The van der Waals surface area contributed by atoms with Crippen LogP contribution in [0.25, 0.3) is 0 Å². The molecule has 0 aromatic heterocycles. The van der Waals surface area contributed by atoms with E-state index in [9.17, 15) is 37.5 Å². The Morgan fingerprint density at radius 2 is 1.64 bits per heavy atom. The van der Waals surface area contributed by atoms with E-state index in [4.69, 9.17) is 5.11 Å². The predicted octanol–water partition coefficient (Wildman–Crippen LogP) is 2.01. The number of carboxylic acid groups (broad SMARTS) is 1. The zero-order valence-electron chi connectivity index (χ0n) is 18.1. The van der Waals surface area contributed by atoms with Gasteiger partial charge in [0.15, 0.2) is 5.60 Å². The predicted molar refractivity (Wildman–Crippen MR) is 107 cm³/mol. The smallest absolute Gasteiger partial charge is 0.471 e. The summed E-state index contributed by atoms with van der Waals surface area (Å²) in [6, 6.07) is 3.88. The first-order valence-corrected chi connectivity index (χ1v) is 9.43. The number of hydrogen-bond acceptors (Lipinski definition) is 7. The van der Waals surface area contributed by atoms with Gasteiger partial charge in [0.1, 0.15) is 6.04 Å². The van der Waals surface area contributed by atoms with Gasteiger partial charge in [-0.15, -0.1) is 0 Å². The minimum Gasteiger partial charge on any atom is -0.478 e. The molecule has 0 saturated carbocycles. The van der Waals surface area contributed by atoms with Crippen LogP contribution in [0.15, 0.2) is 42.5 Å². The fourth-order valence-electron chi connectivity index (χ4n) is 3.22. The first kappa shape index (κ1) is 27.6. The number of carboxylic acids is 1. The molecule has 0 unspecified atom stereocenters. The van der Waals surface area contributed by atoms with E-state index < -0.39 is 66.1 Å². The molecule has 33 heavy (non-hydrogen) atoms. The third-order valence-corrected chi connectivity index (χ3v) is 4.89. The number of ether oxygens (including phenoxy) is 2. The van der Waals surface area contributed by atoms with E-state index in [1.54, 1.807) is 6.07 Å². The Morgan fingerprint density at radius 3 is 2.06 bits per heavy atom. The molecule has 12 heteroatoms. The van der Waals surface area contributed by atoms with Gasteiger partial charge in [-0.25, -0.2) is 14.4 Å². The molecule has 0 fully saturated rings. The number of halogens is 3. The maximum atomic E-state index is 13.5. The number of methoxy groups -OCH3 is 2. The molecule has 1 rings (SSSR count). The average molecular weight is 475 g/mol. The maximum absolute atomic E-state index is 13.5. The fourth-order valence-corrected chi connectivity index (χ4v) is 3.22. The number of esters is 2. The highest BCUT2D eigenvalue weighted by atomic mass is 19.4. The Bertz CT molecular complexity index is 903. The summed E-state index contributed by atoms with van der Waals surface area (Å²) >= 11 is 0. The summed E-state index contributed by atoms with van der Waals surface area (Å²) in [4.78, 5) is 48.5. The molecule has 1 aromatic carbocycles. The average Bonchev–Trinajstić information content (AvgIpc) is 2.76. The molecule has 0 radical (unpaired) electrons. The number of nitrogens with zero attached hydrogens (tertiary/aromatic N) is 1. The summed E-state index contributed by atoms with van der Waals surface area (Å²) in [7, 11) is 1.68. The highest BCUT2D eigenvalue weighted by Crippen LogP contribution is 2.34. The zero-order chi connectivity index (χ0) is 25.6. The number of hydrogen-bond donors (Lipinski definition) is 2. The molecule has 2 N–H and O–H groups in total. The number of aliphatic hydroxyl groups is 1. The lowest BCUT2D eigenvalue weighted by Crippen LogP contribution is -2.56. The third kappa shape index (κ3) is 6.78. The highest BCUT2D eigenvalue weighted by molar-refractivity contribution is 5.91. The van der Waals surface area contributed by atoms with Crippen molar-refractivity contribution in [3.8, 4) is 0 Å². The minimum atomic E-state index is -5.43. The van der Waals surface area contributed by atoms with Crippen LogP contribution in [-0.2, 0) is 28.7 Å². The summed E-state index contributed by atoms with van der Waals surface area (Å²) in [6.45, 7) is 4.40. The van der Waals surface area contributed by atoms with Crippen molar-refractivity contribution in [2.24, 2.45) is 0 Å². The topological polar surface area (TPSA) is 130 Å². The monoisotopic (exact) mass is 475 g/mol. The normalized spacial score (nSPS) is 14.9. The van der Waals surface area contributed by atoms with Gasteiger partial charge in [0.25, 0.3) is 0 Å². The molecule has 0 saturated heterocycles. The Morgan fingerprint density at radius 1 is 1.09 bits per heavy atom. The molecular formula is C21H24F3NO8. The lowest BCUT2D eigenvalue weighted by atomic mass is 9.86. The van der Waals surface area contributed by atoms with E-state index in [0.29, 0.717) is 0 Å². The molecule has 0 heterocycles. The highest BCUT2D eigenvalue weighted by Gasteiger charge is 2.52. The lowest BCUT2D eigenvalue weighted by Gasteiger charge is -2.38. The summed E-state index contributed by atoms with van der Waals surface area (Å²) < 4.78 is 49.5.